The molecule has 2 aromatic rings. The molecule has 1 saturated heterocycles. The van der Waals surface area contributed by atoms with Crippen molar-refractivity contribution < 1.29 is 8.42 Å². The highest BCUT2D eigenvalue weighted by Gasteiger charge is 2.23. The van der Waals surface area contributed by atoms with Crippen LogP contribution in [0.25, 0.3) is 15.7 Å². The van der Waals surface area contributed by atoms with Crippen LogP contribution >= 0.6 is 0 Å². The first-order valence-electron chi connectivity index (χ1n) is 8.20. The second-order valence-corrected chi connectivity index (χ2v) is 8.37. The number of fused-ring (bicyclic) bond motifs is 1. The van der Waals surface area contributed by atoms with E-state index in [2.05, 4.69) is 24.4 Å². The molecule has 0 amide bonds. The van der Waals surface area contributed by atoms with E-state index >= 15 is 0 Å². The standard InChI is InChI=1S/C17H21N5O2S/c1-12-7-14-16(8-15(12)18-2)19-11-20-17(14)22-6-4-5-13(10-22)9-21-25(3,23)24/h7-8,11,13,21H,4-6,9-10H2,1,3H3. The summed E-state index contributed by atoms with van der Waals surface area (Å²) in [5.41, 5.74) is 2.27. The van der Waals surface area contributed by atoms with Crippen molar-refractivity contribution in [2.75, 3.05) is 30.8 Å². The van der Waals surface area contributed by atoms with Crippen LogP contribution in [-0.4, -0.2) is 44.3 Å². The van der Waals surface area contributed by atoms with Crippen LogP contribution in [0.5, 0.6) is 0 Å². The van der Waals surface area contributed by atoms with Crippen molar-refractivity contribution in [3.8, 4) is 0 Å². The van der Waals surface area contributed by atoms with Gasteiger partial charge in [-0.3, -0.25) is 0 Å². The average molecular weight is 359 g/mol. The first kappa shape index (κ1) is 17.6. The van der Waals surface area contributed by atoms with Crippen molar-refractivity contribution in [1.29, 1.82) is 0 Å². The third-order valence-corrected chi connectivity index (χ3v) is 5.20. The lowest BCUT2D eigenvalue weighted by Gasteiger charge is -2.34. The number of nitrogens with one attached hydrogen (secondary N) is 1. The number of hydrogen-bond acceptors (Lipinski definition) is 5. The van der Waals surface area contributed by atoms with E-state index in [0.717, 1.165) is 48.2 Å². The van der Waals surface area contributed by atoms with E-state index in [-0.39, 0.29) is 5.92 Å². The number of sulfonamides is 1. The van der Waals surface area contributed by atoms with Gasteiger partial charge in [0.15, 0.2) is 5.69 Å². The Kier molecular flexibility index (Phi) is 4.88. The van der Waals surface area contributed by atoms with Crippen molar-refractivity contribution >= 4 is 32.4 Å². The summed E-state index contributed by atoms with van der Waals surface area (Å²) in [7, 11) is -3.18. The third kappa shape index (κ3) is 4.06. The minimum atomic E-state index is -3.18. The van der Waals surface area contributed by atoms with Gasteiger partial charge < -0.3 is 4.90 Å². The molecule has 0 saturated carbocycles. The highest BCUT2D eigenvalue weighted by Crippen LogP contribution is 2.31. The Morgan fingerprint density at radius 1 is 1.40 bits per heavy atom. The van der Waals surface area contributed by atoms with E-state index in [9.17, 15) is 8.42 Å². The molecular formula is C17H21N5O2S. The predicted octanol–water partition coefficient (Wildman–Crippen LogP) is 2.25. The number of rotatable bonds is 4. The minimum absolute atomic E-state index is 0.247. The molecule has 132 valence electrons. The van der Waals surface area contributed by atoms with Gasteiger partial charge in [-0.15, -0.1) is 0 Å². The molecule has 7 nitrogen and oxygen atoms in total. The van der Waals surface area contributed by atoms with Crippen molar-refractivity contribution in [3.05, 3.63) is 35.4 Å². The van der Waals surface area contributed by atoms with E-state index in [1.54, 1.807) is 6.07 Å². The van der Waals surface area contributed by atoms with Crippen molar-refractivity contribution in [3.63, 3.8) is 0 Å². The first-order valence-corrected chi connectivity index (χ1v) is 10.1. The van der Waals surface area contributed by atoms with Gasteiger partial charge in [-0.1, -0.05) is 6.07 Å². The number of nitrogens with zero attached hydrogens (tertiary/aromatic N) is 4. The monoisotopic (exact) mass is 359 g/mol. The third-order valence-electron chi connectivity index (χ3n) is 4.51. The maximum Gasteiger partial charge on any atom is 0.208 e. The van der Waals surface area contributed by atoms with Gasteiger partial charge in [0, 0.05) is 25.0 Å². The fraction of sp³-hybridized carbons (Fsp3) is 0.471. The summed E-state index contributed by atoms with van der Waals surface area (Å²) < 4.78 is 25.3. The lowest BCUT2D eigenvalue weighted by Crippen LogP contribution is -2.41. The van der Waals surface area contributed by atoms with Gasteiger partial charge in [0.25, 0.3) is 0 Å². The smallest absolute Gasteiger partial charge is 0.208 e. The number of aryl methyl sites for hydroxylation is 1. The summed E-state index contributed by atoms with van der Waals surface area (Å²) in [4.78, 5) is 14.5. The number of hydrogen-bond donors (Lipinski definition) is 1. The molecule has 0 spiro atoms. The fourth-order valence-electron chi connectivity index (χ4n) is 3.25. The van der Waals surface area contributed by atoms with Gasteiger partial charge in [0.05, 0.1) is 18.3 Å². The number of anilines is 1. The summed E-state index contributed by atoms with van der Waals surface area (Å²) in [5.74, 6) is 1.10. The summed E-state index contributed by atoms with van der Waals surface area (Å²) in [6.45, 7) is 11.2. The predicted molar refractivity (Wildman–Crippen MR) is 98.3 cm³/mol. The maximum atomic E-state index is 11.3. The zero-order valence-corrected chi connectivity index (χ0v) is 15.2. The quantitative estimate of drug-likeness (QED) is 0.847. The molecule has 1 aliphatic heterocycles. The van der Waals surface area contributed by atoms with Crippen LogP contribution in [0.3, 0.4) is 0 Å². The van der Waals surface area contributed by atoms with Crippen LogP contribution in [0.2, 0.25) is 0 Å². The highest BCUT2D eigenvalue weighted by atomic mass is 32.2. The second-order valence-electron chi connectivity index (χ2n) is 6.54. The zero-order valence-electron chi connectivity index (χ0n) is 14.4. The van der Waals surface area contributed by atoms with Crippen LogP contribution in [0.15, 0.2) is 18.5 Å². The molecule has 1 aliphatic rings. The molecule has 3 rings (SSSR count). The van der Waals surface area contributed by atoms with E-state index in [4.69, 9.17) is 6.57 Å². The van der Waals surface area contributed by atoms with Crippen LogP contribution in [-0.2, 0) is 10.0 Å². The molecule has 1 aromatic carbocycles. The van der Waals surface area contributed by atoms with Gasteiger partial charge in [-0.25, -0.2) is 28.0 Å². The van der Waals surface area contributed by atoms with Gasteiger partial charge in [-0.2, -0.15) is 0 Å². The Bertz CT molecular complexity index is 936. The Morgan fingerprint density at radius 3 is 2.92 bits per heavy atom. The van der Waals surface area contributed by atoms with E-state index in [0.29, 0.717) is 12.2 Å². The largest absolute Gasteiger partial charge is 0.356 e. The zero-order chi connectivity index (χ0) is 18.0. The molecule has 1 N–H and O–H groups in total. The molecule has 2 heterocycles. The lowest BCUT2D eigenvalue weighted by atomic mass is 9.98. The second kappa shape index (κ2) is 6.94. The van der Waals surface area contributed by atoms with Crippen LogP contribution in [0.1, 0.15) is 18.4 Å². The number of benzene rings is 1. The van der Waals surface area contributed by atoms with Crippen molar-refractivity contribution in [2.24, 2.45) is 5.92 Å². The van der Waals surface area contributed by atoms with Crippen molar-refractivity contribution in [2.45, 2.75) is 19.8 Å². The molecule has 1 unspecified atom stereocenters. The molecule has 25 heavy (non-hydrogen) atoms. The summed E-state index contributed by atoms with van der Waals surface area (Å²) in [6, 6.07) is 3.77. The molecule has 1 atom stereocenters. The molecule has 0 bridgehead atoms. The van der Waals surface area contributed by atoms with Crippen LogP contribution in [0.4, 0.5) is 11.5 Å². The van der Waals surface area contributed by atoms with Gasteiger partial charge in [-0.05, 0) is 37.3 Å². The summed E-state index contributed by atoms with van der Waals surface area (Å²) in [5, 5.41) is 0.934. The van der Waals surface area contributed by atoms with Crippen LogP contribution in [0, 0.1) is 19.4 Å². The van der Waals surface area contributed by atoms with Gasteiger partial charge >= 0.3 is 0 Å². The van der Waals surface area contributed by atoms with E-state index in [1.807, 2.05) is 13.0 Å². The maximum absolute atomic E-state index is 11.3. The number of aromatic nitrogens is 2. The topological polar surface area (TPSA) is 79.6 Å². The Labute approximate surface area is 148 Å². The highest BCUT2D eigenvalue weighted by molar-refractivity contribution is 7.88. The van der Waals surface area contributed by atoms with E-state index < -0.39 is 10.0 Å². The van der Waals surface area contributed by atoms with Gasteiger partial charge in [0.1, 0.15) is 12.1 Å². The lowest BCUT2D eigenvalue weighted by molar-refractivity contribution is 0.410. The Morgan fingerprint density at radius 2 is 2.20 bits per heavy atom. The molecule has 0 radical (unpaired) electrons. The molecule has 0 aliphatic carbocycles. The Hall–Kier alpha value is -2.24. The first-order chi connectivity index (χ1) is 11.9. The van der Waals surface area contributed by atoms with Crippen LogP contribution < -0.4 is 9.62 Å². The fourth-order valence-corrected chi connectivity index (χ4v) is 3.79. The molecule has 8 heteroatoms. The normalized spacial score (nSPS) is 18.3. The number of piperidine rings is 1. The molecule has 1 aromatic heterocycles. The van der Waals surface area contributed by atoms with Crippen molar-refractivity contribution in [1.82, 2.24) is 14.7 Å². The molecular weight excluding hydrogens is 338 g/mol. The van der Waals surface area contributed by atoms with E-state index in [1.165, 1.54) is 12.6 Å². The summed E-state index contributed by atoms with van der Waals surface area (Å²) in [6.07, 6.45) is 4.69. The minimum Gasteiger partial charge on any atom is -0.356 e. The molecule has 1 fully saturated rings. The Balaban J connectivity index is 1.88. The SMILES string of the molecule is [C-]#[N+]c1cc2ncnc(N3CCCC(CNS(C)(=O)=O)C3)c2cc1C. The summed E-state index contributed by atoms with van der Waals surface area (Å²) >= 11 is 0. The van der Waals surface area contributed by atoms with Gasteiger partial charge in [0.2, 0.25) is 10.0 Å². The average Bonchev–Trinajstić information content (AvgIpc) is 2.58.